The zero-order valence-corrected chi connectivity index (χ0v) is 13.3. The van der Waals surface area contributed by atoms with Crippen LogP contribution in [0.5, 0.6) is 0 Å². The summed E-state index contributed by atoms with van der Waals surface area (Å²) >= 11 is 1.89. The number of aliphatic carboxylic acids is 1. The molecule has 5 nitrogen and oxygen atoms in total. The van der Waals surface area contributed by atoms with Crippen LogP contribution in [0.25, 0.3) is 0 Å². The van der Waals surface area contributed by atoms with Crippen LogP contribution in [0.4, 0.5) is 4.79 Å². The third-order valence-electron chi connectivity index (χ3n) is 3.95. The van der Waals surface area contributed by atoms with E-state index in [9.17, 15) is 9.59 Å². The lowest BCUT2D eigenvalue weighted by atomic mass is 9.95. The fourth-order valence-electron chi connectivity index (χ4n) is 2.49. The number of carboxylic acid groups (broad SMARTS) is 1. The molecule has 1 rings (SSSR count). The van der Waals surface area contributed by atoms with E-state index in [1.54, 1.807) is 0 Å². The molecule has 1 unspecified atom stereocenters. The highest BCUT2D eigenvalue weighted by atomic mass is 32.2. The fourth-order valence-corrected chi connectivity index (χ4v) is 3.23. The van der Waals surface area contributed by atoms with Crippen LogP contribution in [0.3, 0.4) is 0 Å². The number of urea groups is 1. The van der Waals surface area contributed by atoms with Gasteiger partial charge in [0.05, 0.1) is 5.92 Å². The van der Waals surface area contributed by atoms with Crippen molar-refractivity contribution in [3.8, 4) is 0 Å². The largest absolute Gasteiger partial charge is 0.481 e. The molecule has 0 saturated heterocycles. The second-order valence-electron chi connectivity index (χ2n) is 5.75. The Morgan fingerprint density at radius 2 is 1.85 bits per heavy atom. The van der Waals surface area contributed by atoms with Gasteiger partial charge in [-0.3, -0.25) is 4.79 Å². The number of hydrogen-bond acceptors (Lipinski definition) is 3. The molecule has 0 spiro atoms. The highest BCUT2D eigenvalue weighted by molar-refractivity contribution is 7.99. The van der Waals surface area contributed by atoms with E-state index in [1.807, 2.05) is 25.6 Å². The lowest BCUT2D eigenvalue weighted by Gasteiger charge is -2.28. The van der Waals surface area contributed by atoms with Crippen LogP contribution in [0.15, 0.2) is 0 Å². The number of thioether (sulfide) groups is 1. The van der Waals surface area contributed by atoms with Crippen molar-refractivity contribution in [3.63, 3.8) is 0 Å². The van der Waals surface area contributed by atoms with Gasteiger partial charge in [-0.05, 0) is 37.9 Å². The van der Waals surface area contributed by atoms with E-state index >= 15 is 0 Å². The molecule has 0 aromatic rings. The molecule has 116 valence electrons. The predicted octanol–water partition coefficient (Wildman–Crippen LogP) is 2.32. The van der Waals surface area contributed by atoms with Crippen LogP contribution in [-0.2, 0) is 4.79 Å². The standard InChI is InChI=1S/C14H26N2O3S/c1-9(2)12(13(17)18)8-15-14(19)16-10-4-6-11(20-3)7-5-10/h9-12H,4-8H2,1-3H3,(H,17,18)(H2,15,16,19). The first-order chi connectivity index (χ1) is 9.43. The normalized spacial score (nSPS) is 24.2. The maximum absolute atomic E-state index is 11.8. The number of carbonyl (C=O) groups excluding carboxylic acids is 1. The van der Waals surface area contributed by atoms with Gasteiger partial charge in [-0.2, -0.15) is 11.8 Å². The summed E-state index contributed by atoms with van der Waals surface area (Å²) in [4.78, 5) is 22.8. The highest BCUT2D eigenvalue weighted by Crippen LogP contribution is 2.26. The minimum absolute atomic E-state index is 0.00446. The quantitative estimate of drug-likeness (QED) is 0.703. The van der Waals surface area contributed by atoms with Crippen molar-refractivity contribution in [2.24, 2.45) is 11.8 Å². The summed E-state index contributed by atoms with van der Waals surface area (Å²) < 4.78 is 0. The maximum atomic E-state index is 11.8. The second kappa shape index (κ2) is 8.39. The summed E-state index contributed by atoms with van der Waals surface area (Å²) in [7, 11) is 0. The van der Waals surface area contributed by atoms with Crippen molar-refractivity contribution in [3.05, 3.63) is 0 Å². The molecule has 0 radical (unpaired) electrons. The lowest BCUT2D eigenvalue weighted by Crippen LogP contribution is -2.46. The second-order valence-corrected chi connectivity index (χ2v) is 6.89. The fraction of sp³-hybridized carbons (Fsp3) is 0.857. The van der Waals surface area contributed by atoms with Crippen molar-refractivity contribution < 1.29 is 14.7 Å². The molecule has 1 aliphatic carbocycles. The van der Waals surface area contributed by atoms with Gasteiger partial charge >= 0.3 is 12.0 Å². The van der Waals surface area contributed by atoms with Crippen molar-refractivity contribution in [2.75, 3.05) is 12.8 Å². The van der Waals surface area contributed by atoms with E-state index in [0.29, 0.717) is 5.25 Å². The molecule has 1 atom stereocenters. The molecular formula is C14H26N2O3S. The lowest BCUT2D eigenvalue weighted by molar-refractivity contribution is -0.142. The number of carbonyl (C=O) groups is 2. The van der Waals surface area contributed by atoms with Crippen LogP contribution >= 0.6 is 11.8 Å². The molecule has 6 heteroatoms. The van der Waals surface area contributed by atoms with E-state index < -0.39 is 11.9 Å². The van der Waals surface area contributed by atoms with Crippen LogP contribution < -0.4 is 10.6 Å². The van der Waals surface area contributed by atoms with Crippen LogP contribution in [0, 0.1) is 11.8 Å². The topological polar surface area (TPSA) is 78.4 Å². The molecule has 0 aliphatic heterocycles. The van der Waals surface area contributed by atoms with E-state index in [2.05, 4.69) is 16.9 Å². The SMILES string of the molecule is CSC1CCC(NC(=O)NCC(C(=O)O)C(C)C)CC1. The zero-order chi connectivity index (χ0) is 15.1. The van der Waals surface area contributed by atoms with Gasteiger partial charge in [-0.15, -0.1) is 0 Å². The predicted molar refractivity (Wildman–Crippen MR) is 82.1 cm³/mol. The van der Waals surface area contributed by atoms with Crippen LogP contribution in [0.2, 0.25) is 0 Å². The zero-order valence-electron chi connectivity index (χ0n) is 12.5. The molecule has 20 heavy (non-hydrogen) atoms. The average Bonchev–Trinajstić information content (AvgIpc) is 2.39. The molecule has 0 aromatic carbocycles. The van der Waals surface area contributed by atoms with Gasteiger partial charge in [-0.25, -0.2) is 4.79 Å². The van der Waals surface area contributed by atoms with E-state index in [4.69, 9.17) is 5.11 Å². The Hall–Kier alpha value is -0.910. The summed E-state index contributed by atoms with van der Waals surface area (Å²) in [5.74, 6) is -1.39. The first-order valence-corrected chi connectivity index (χ1v) is 8.52. The van der Waals surface area contributed by atoms with Crippen molar-refractivity contribution in [1.82, 2.24) is 10.6 Å². The Morgan fingerprint density at radius 1 is 1.25 bits per heavy atom. The smallest absolute Gasteiger partial charge is 0.315 e. The molecular weight excluding hydrogens is 276 g/mol. The Kier molecular flexibility index (Phi) is 7.19. The number of hydrogen-bond donors (Lipinski definition) is 3. The van der Waals surface area contributed by atoms with Gasteiger partial charge in [0.15, 0.2) is 0 Å². The molecule has 1 aliphatic rings. The van der Waals surface area contributed by atoms with Gasteiger partial charge in [0, 0.05) is 17.8 Å². The highest BCUT2D eigenvalue weighted by Gasteiger charge is 2.24. The van der Waals surface area contributed by atoms with Crippen LogP contribution in [-0.4, -0.2) is 41.2 Å². The van der Waals surface area contributed by atoms with Gasteiger partial charge in [0.1, 0.15) is 0 Å². The summed E-state index contributed by atoms with van der Waals surface area (Å²) in [6.45, 7) is 3.88. The first kappa shape index (κ1) is 17.1. The Bertz CT molecular complexity index is 328. The van der Waals surface area contributed by atoms with Crippen molar-refractivity contribution in [2.45, 2.75) is 50.8 Å². The Balaban J connectivity index is 2.28. The van der Waals surface area contributed by atoms with Gasteiger partial charge in [-0.1, -0.05) is 13.8 Å². The molecule has 0 bridgehead atoms. The van der Waals surface area contributed by atoms with Crippen molar-refractivity contribution in [1.29, 1.82) is 0 Å². The average molecular weight is 302 g/mol. The van der Waals surface area contributed by atoms with Crippen LogP contribution in [0.1, 0.15) is 39.5 Å². The molecule has 1 fully saturated rings. The van der Waals surface area contributed by atoms with Gasteiger partial charge in [0.2, 0.25) is 0 Å². The van der Waals surface area contributed by atoms with Crippen molar-refractivity contribution >= 4 is 23.8 Å². The molecule has 0 heterocycles. The number of rotatable bonds is 6. The van der Waals surface area contributed by atoms with E-state index in [0.717, 1.165) is 25.7 Å². The molecule has 3 N–H and O–H groups in total. The minimum atomic E-state index is -0.860. The maximum Gasteiger partial charge on any atom is 0.315 e. The third kappa shape index (κ3) is 5.61. The van der Waals surface area contributed by atoms with Gasteiger partial charge in [0.25, 0.3) is 0 Å². The summed E-state index contributed by atoms with van der Waals surface area (Å²) in [6, 6.07) is -0.0229. The summed E-state index contributed by atoms with van der Waals surface area (Å²) in [6.07, 6.45) is 6.41. The number of amides is 2. The third-order valence-corrected chi connectivity index (χ3v) is 5.09. The summed E-state index contributed by atoms with van der Waals surface area (Å²) in [5, 5.41) is 15.4. The first-order valence-electron chi connectivity index (χ1n) is 7.24. The number of carboxylic acids is 1. The van der Waals surface area contributed by atoms with E-state index in [-0.39, 0.29) is 24.5 Å². The van der Waals surface area contributed by atoms with E-state index in [1.165, 1.54) is 0 Å². The minimum Gasteiger partial charge on any atom is -0.481 e. The van der Waals surface area contributed by atoms with Gasteiger partial charge < -0.3 is 15.7 Å². The monoisotopic (exact) mass is 302 g/mol. The Morgan fingerprint density at radius 3 is 2.30 bits per heavy atom. The molecule has 1 saturated carbocycles. The molecule has 0 aromatic heterocycles. The molecule has 2 amide bonds. The number of nitrogens with one attached hydrogen (secondary N) is 2. The summed E-state index contributed by atoms with van der Waals surface area (Å²) in [5.41, 5.74) is 0. The Labute approximate surface area is 125 Å².